The van der Waals surface area contributed by atoms with Crippen molar-refractivity contribution in [1.82, 2.24) is 5.32 Å². The van der Waals surface area contributed by atoms with Gasteiger partial charge in [-0.05, 0) is 65.4 Å². The van der Waals surface area contributed by atoms with Gasteiger partial charge in [-0.15, -0.1) is 0 Å². The van der Waals surface area contributed by atoms with E-state index in [9.17, 15) is 9.59 Å². The second-order valence-corrected chi connectivity index (χ2v) is 10.9. The van der Waals surface area contributed by atoms with Crippen LogP contribution in [0.2, 0.25) is 5.02 Å². The highest BCUT2D eigenvalue weighted by Gasteiger charge is 2.42. The van der Waals surface area contributed by atoms with Crippen molar-refractivity contribution < 1.29 is 19.1 Å². The zero-order chi connectivity index (χ0) is 28.3. The minimum atomic E-state index is -0.543. The summed E-state index contributed by atoms with van der Waals surface area (Å²) in [6.07, 6.45) is 1.02. The van der Waals surface area contributed by atoms with Gasteiger partial charge in [-0.3, -0.25) is 4.79 Å². The SMILES string of the molecule is CC1=C(C(=O)OCCOc2ccccc2)[C@@H](c2cccc3ccccc23)C2=C(C[C@H](c3ccc(Cl)cc3)CC2=O)N1. The summed E-state index contributed by atoms with van der Waals surface area (Å²) in [6, 6.07) is 31.2. The van der Waals surface area contributed by atoms with Gasteiger partial charge in [0.1, 0.15) is 19.0 Å². The molecule has 4 aromatic carbocycles. The van der Waals surface area contributed by atoms with Crippen molar-refractivity contribution in [3.8, 4) is 5.75 Å². The van der Waals surface area contributed by atoms with E-state index in [2.05, 4.69) is 5.32 Å². The Morgan fingerprint density at radius 3 is 2.41 bits per heavy atom. The van der Waals surface area contributed by atoms with E-state index in [1.807, 2.05) is 104 Å². The zero-order valence-electron chi connectivity index (χ0n) is 22.7. The van der Waals surface area contributed by atoms with Crippen LogP contribution < -0.4 is 10.1 Å². The third-order valence-corrected chi connectivity index (χ3v) is 8.10. The maximum atomic E-state index is 14.0. The van der Waals surface area contributed by atoms with Crippen molar-refractivity contribution in [2.75, 3.05) is 13.2 Å². The van der Waals surface area contributed by atoms with E-state index in [4.69, 9.17) is 21.1 Å². The summed E-state index contributed by atoms with van der Waals surface area (Å²) >= 11 is 6.12. The van der Waals surface area contributed by atoms with Crippen LogP contribution in [-0.2, 0) is 14.3 Å². The molecule has 0 aromatic heterocycles. The first kappa shape index (κ1) is 26.9. The summed E-state index contributed by atoms with van der Waals surface area (Å²) in [5.74, 6) is -0.232. The average Bonchev–Trinajstić information content (AvgIpc) is 2.99. The fourth-order valence-corrected chi connectivity index (χ4v) is 6.11. The summed E-state index contributed by atoms with van der Waals surface area (Å²) < 4.78 is 11.5. The lowest BCUT2D eigenvalue weighted by Gasteiger charge is -2.37. The van der Waals surface area contributed by atoms with Crippen LogP contribution in [0.4, 0.5) is 0 Å². The van der Waals surface area contributed by atoms with Gasteiger partial charge in [0.2, 0.25) is 0 Å². The van der Waals surface area contributed by atoms with Crippen molar-refractivity contribution in [3.05, 3.63) is 136 Å². The summed E-state index contributed by atoms with van der Waals surface area (Å²) in [7, 11) is 0. The van der Waals surface area contributed by atoms with Gasteiger partial charge >= 0.3 is 5.97 Å². The van der Waals surface area contributed by atoms with E-state index in [0.29, 0.717) is 40.5 Å². The summed E-state index contributed by atoms with van der Waals surface area (Å²) in [5, 5.41) is 6.16. The summed E-state index contributed by atoms with van der Waals surface area (Å²) in [5.41, 5.74) is 4.65. The molecular weight excluding hydrogens is 534 g/mol. The van der Waals surface area contributed by atoms with Gasteiger partial charge in [0.05, 0.1) is 5.57 Å². The molecule has 0 bridgehead atoms. The Kier molecular flexibility index (Phi) is 7.62. The number of hydrogen-bond acceptors (Lipinski definition) is 5. The minimum Gasteiger partial charge on any atom is -0.490 e. The number of rotatable bonds is 7. The van der Waals surface area contributed by atoms with Crippen LogP contribution in [0.15, 0.2) is 120 Å². The fraction of sp³-hybridized carbons (Fsp3) is 0.200. The van der Waals surface area contributed by atoms with Crippen molar-refractivity contribution >= 4 is 34.1 Å². The molecule has 1 heterocycles. The molecule has 2 aliphatic rings. The molecular formula is C35H30ClNO4. The quantitative estimate of drug-likeness (QED) is 0.186. The number of ether oxygens (including phenoxy) is 2. The molecule has 206 valence electrons. The summed E-state index contributed by atoms with van der Waals surface area (Å²) in [6.45, 7) is 2.20. The van der Waals surface area contributed by atoms with E-state index >= 15 is 0 Å². The van der Waals surface area contributed by atoms with Crippen molar-refractivity contribution in [1.29, 1.82) is 0 Å². The number of halogens is 1. The molecule has 41 heavy (non-hydrogen) atoms. The molecule has 1 N–H and O–H groups in total. The highest BCUT2D eigenvalue weighted by Crippen LogP contribution is 2.47. The second-order valence-electron chi connectivity index (χ2n) is 10.4. The Bertz CT molecular complexity index is 1670. The van der Waals surface area contributed by atoms with Gasteiger partial charge in [-0.25, -0.2) is 4.79 Å². The number of carbonyl (C=O) groups excluding carboxylic acids is 2. The molecule has 1 aliphatic carbocycles. The third kappa shape index (κ3) is 5.50. The van der Waals surface area contributed by atoms with Crippen LogP contribution in [-0.4, -0.2) is 25.0 Å². The molecule has 0 spiro atoms. The Balaban J connectivity index is 1.34. The molecule has 6 rings (SSSR count). The first-order valence-electron chi connectivity index (χ1n) is 13.8. The number of carbonyl (C=O) groups is 2. The fourth-order valence-electron chi connectivity index (χ4n) is 5.98. The molecule has 0 fully saturated rings. The predicted molar refractivity (Wildman–Crippen MR) is 161 cm³/mol. The molecule has 0 radical (unpaired) electrons. The average molecular weight is 564 g/mol. The molecule has 6 heteroatoms. The Morgan fingerprint density at radius 2 is 1.61 bits per heavy atom. The lowest BCUT2D eigenvalue weighted by atomic mass is 9.71. The molecule has 1 aliphatic heterocycles. The normalized spacial score (nSPS) is 18.6. The lowest BCUT2D eigenvalue weighted by molar-refractivity contribution is -0.140. The lowest BCUT2D eigenvalue weighted by Crippen LogP contribution is -2.36. The highest BCUT2D eigenvalue weighted by molar-refractivity contribution is 6.30. The third-order valence-electron chi connectivity index (χ3n) is 7.85. The predicted octanol–water partition coefficient (Wildman–Crippen LogP) is 7.48. The van der Waals surface area contributed by atoms with Gasteiger partial charge < -0.3 is 14.8 Å². The van der Waals surface area contributed by atoms with Crippen LogP contribution >= 0.6 is 11.6 Å². The Hall–Kier alpha value is -4.35. The summed E-state index contributed by atoms with van der Waals surface area (Å²) in [4.78, 5) is 27.7. The van der Waals surface area contributed by atoms with Crippen molar-refractivity contribution in [2.24, 2.45) is 0 Å². The number of Topliss-reactive ketones (excluding diaryl/α,β-unsaturated/α-hetero) is 1. The molecule has 0 saturated carbocycles. The number of hydrogen-bond donors (Lipinski definition) is 1. The number of fused-ring (bicyclic) bond motifs is 1. The molecule has 2 atom stereocenters. The number of esters is 1. The molecule has 0 unspecified atom stereocenters. The number of nitrogens with one attached hydrogen (secondary N) is 1. The molecule has 0 amide bonds. The van der Waals surface area contributed by atoms with Gasteiger partial charge in [0.15, 0.2) is 5.78 Å². The van der Waals surface area contributed by atoms with Crippen LogP contribution in [0.5, 0.6) is 5.75 Å². The molecule has 0 saturated heterocycles. The zero-order valence-corrected chi connectivity index (χ0v) is 23.5. The maximum absolute atomic E-state index is 14.0. The number of dihydropyridines is 1. The number of benzene rings is 4. The van der Waals surface area contributed by atoms with Crippen LogP contribution in [0.25, 0.3) is 10.8 Å². The van der Waals surface area contributed by atoms with Gasteiger partial charge in [0.25, 0.3) is 0 Å². The number of ketones is 1. The van der Waals surface area contributed by atoms with Crippen molar-refractivity contribution in [3.63, 3.8) is 0 Å². The van der Waals surface area contributed by atoms with Gasteiger partial charge in [0, 0.05) is 34.3 Å². The highest BCUT2D eigenvalue weighted by atomic mass is 35.5. The topological polar surface area (TPSA) is 64.6 Å². The molecule has 4 aromatic rings. The van der Waals surface area contributed by atoms with Crippen LogP contribution in [0.3, 0.4) is 0 Å². The standard InChI is InChI=1S/C35H30ClNO4/c1-22-32(35(39)41-19-18-40-27-10-3-2-4-11-27)33(29-13-7-9-24-8-5-6-12-28(24)29)34-30(37-22)20-25(21-31(34)38)23-14-16-26(36)17-15-23/h2-17,25,33,37H,18-21H2,1H3/t25-,33+/m0/s1. The van der Waals surface area contributed by atoms with E-state index < -0.39 is 11.9 Å². The Labute approximate surface area is 244 Å². The molecule has 5 nitrogen and oxygen atoms in total. The first-order chi connectivity index (χ1) is 20.0. The van der Waals surface area contributed by atoms with E-state index in [-0.39, 0.29) is 24.9 Å². The number of allylic oxidation sites excluding steroid dienone is 3. The van der Waals surface area contributed by atoms with Gasteiger partial charge in [-0.2, -0.15) is 0 Å². The smallest absolute Gasteiger partial charge is 0.336 e. The van der Waals surface area contributed by atoms with Gasteiger partial charge in [-0.1, -0.05) is 84.4 Å². The second kappa shape index (κ2) is 11.6. The minimum absolute atomic E-state index is 0.0237. The maximum Gasteiger partial charge on any atom is 0.336 e. The largest absolute Gasteiger partial charge is 0.490 e. The van der Waals surface area contributed by atoms with Crippen LogP contribution in [0.1, 0.15) is 42.7 Å². The van der Waals surface area contributed by atoms with E-state index in [1.165, 1.54) is 0 Å². The first-order valence-corrected chi connectivity index (χ1v) is 14.2. The van der Waals surface area contributed by atoms with Crippen LogP contribution in [0, 0.1) is 0 Å². The monoisotopic (exact) mass is 563 g/mol. The van der Waals surface area contributed by atoms with Crippen molar-refractivity contribution in [2.45, 2.75) is 31.6 Å². The Morgan fingerprint density at radius 1 is 0.878 bits per heavy atom. The number of para-hydroxylation sites is 1. The van der Waals surface area contributed by atoms with E-state index in [0.717, 1.165) is 27.6 Å². The van der Waals surface area contributed by atoms with E-state index in [1.54, 1.807) is 0 Å².